The molecule has 14 heteroatoms. The summed E-state index contributed by atoms with van der Waals surface area (Å²) in [6.07, 6.45) is -5.22. The fourth-order valence-corrected chi connectivity index (χ4v) is 5.05. The Morgan fingerprint density at radius 1 is 1.21 bits per heavy atom. The number of fused-ring (bicyclic) bond motifs is 2. The van der Waals surface area contributed by atoms with Crippen LogP contribution < -0.4 is 15.3 Å². The largest absolute Gasteiger partial charge is 0.493 e. The van der Waals surface area contributed by atoms with Gasteiger partial charge in [-0.1, -0.05) is 23.7 Å². The number of hydrogen-bond acceptors (Lipinski definition) is 8. The highest BCUT2D eigenvalue weighted by molar-refractivity contribution is 7.18. The first-order valence-electron chi connectivity index (χ1n) is 11.1. The monoisotopic (exact) mass is 565 g/mol. The molecule has 0 fully saturated rings. The molecular formula is C24H19ClF3N5O4S. The normalized spacial score (nSPS) is 13.7. The van der Waals surface area contributed by atoms with Gasteiger partial charge in [0, 0.05) is 29.2 Å². The molecule has 1 aliphatic rings. The maximum absolute atomic E-state index is 13.5. The van der Waals surface area contributed by atoms with Crippen molar-refractivity contribution < 1.29 is 32.3 Å². The van der Waals surface area contributed by atoms with E-state index in [1.807, 2.05) is 0 Å². The van der Waals surface area contributed by atoms with Gasteiger partial charge in [-0.3, -0.25) is 9.69 Å². The molecule has 38 heavy (non-hydrogen) atoms. The zero-order valence-electron chi connectivity index (χ0n) is 19.6. The second kappa shape index (κ2) is 10.2. The summed E-state index contributed by atoms with van der Waals surface area (Å²) >= 11 is 7.03. The van der Waals surface area contributed by atoms with Crippen LogP contribution in [0.5, 0.6) is 0 Å². The summed E-state index contributed by atoms with van der Waals surface area (Å²) in [6.45, 7) is 0.533. The minimum absolute atomic E-state index is 0.0612. The summed E-state index contributed by atoms with van der Waals surface area (Å²) in [5.74, 6) is -2.36. The van der Waals surface area contributed by atoms with Crippen LogP contribution in [0.3, 0.4) is 0 Å². The van der Waals surface area contributed by atoms with Crippen molar-refractivity contribution in [1.82, 2.24) is 9.97 Å². The van der Waals surface area contributed by atoms with Gasteiger partial charge < -0.3 is 19.9 Å². The van der Waals surface area contributed by atoms with Gasteiger partial charge in [-0.15, -0.1) is 11.3 Å². The fourth-order valence-electron chi connectivity index (χ4n) is 3.82. The molecule has 5 rings (SSSR count). The third-order valence-electron chi connectivity index (χ3n) is 5.62. The Labute approximate surface area is 222 Å². The zero-order valence-corrected chi connectivity index (χ0v) is 21.2. The number of benzene rings is 2. The molecule has 4 aromatic rings. The molecule has 198 valence electrons. The SMILES string of the molecule is COCCNc1nc2ccc(N3CN(OC(=O)C(F)(F)F)c4cc(-c5ccc(Cl)cc5)sc4C3=O)cc2[nH]1. The highest BCUT2D eigenvalue weighted by atomic mass is 35.5. The maximum Gasteiger partial charge on any atom is 0.493 e. The summed E-state index contributed by atoms with van der Waals surface area (Å²) in [5, 5.41) is 4.35. The highest BCUT2D eigenvalue weighted by Crippen LogP contribution is 2.42. The van der Waals surface area contributed by atoms with Crippen LogP contribution in [-0.2, 0) is 14.4 Å². The van der Waals surface area contributed by atoms with Crippen molar-refractivity contribution in [3.05, 3.63) is 58.4 Å². The number of halogens is 4. The lowest BCUT2D eigenvalue weighted by Gasteiger charge is -2.34. The molecule has 0 aliphatic carbocycles. The number of rotatable bonds is 7. The Bertz CT molecular complexity index is 1510. The second-order valence-corrected chi connectivity index (χ2v) is 9.66. The summed E-state index contributed by atoms with van der Waals surface area (Å²) in [5.41, 5.74) is 2.33. The standard InChI is InChI=1S/C24H19ClF3N5O4S/c1-36-9-8-29-23-30-16-7-6-15(10-17(16)31-23)32-12-33(37-22(35)24(26,27)28)18-11-19(38-20(18)21(32)34)13-2-4-14(25)5-3-13/h2-7,10-11H,8-9,12H2,1H3,(H2,29,30,31). The number of amides is 1. The molecule has 0 unspecified atom stereocenters. The number of hydrogen-bond donors (Lipinski definition) is 2. The van der Waals surface area contributed by atoms with E-state index >= 15 is 0 Å². The van der Waals surface area contributed by atoms with E-state index in [4.69, 9.17) is 21.2 Å². The average molecular weight is 566 g/mol. The quantitative estimate of drug-likeness (QED) is 0.288. The molecule has 1 amide bonds. The van der Waals surface area contributed by atoms with Crippen molar-refractivity contribution in [2.24, 2.45) is 0 Å². The fraction of sp³-hybridized carbons (Fsp3) is 0.208. The first-order valence-corrected chi connectivity index (χ1v) is 12.3. The molecule has 0 atom stereocenters. The molecule has 0 radical (unpaired) electrons. The third kappa shape index (κ3) is 5.12. The van der Waals surface area contributed by atoms with Crippen LogP contribution in [0.15, 0.2) is 48.5 Å². The van der Waals surface area contributed by atoms with Gasteiger partial charge in [-0.2, -0.15) is 18.2 Å². The van der Waals surface area contributed by atoms with Gasteiger partial charge in [-0.05, 0) is 42.0 Å². The molecule has 0 saturated carbocycles. The van der Waals surface area contributed by atoms with E-state index in [0.29, 0.717) is 51.3 Å². The lowest BCUT2D eigenvalue weighted by molar-refractivity contribution is -0.201. The predicted octanol–water partition coefficient (Wildman–Crippen LogP) is 5.45. The number of aromatic nitrogens is 2. The van der Waals surface area contributed by atoms with E-state index in [0.717, 1.165) is 16.4 Å². The maximum atomic E-state index is 13.5. The third-order valence-corrected chi connectivity index (χ3v) is 7.03. The first-order chi connectivity index (χ1) is 18.1. The molecule has 0 bridgehead atoms. The lowest BCUT2D eigenvalue weighted by atomic mass is 10.1. The Morgan fingerprint density at radius 3 is 2.68 bits per heavy atom. The summed E-state index contributed by atoms with van der Waals surface area (Å²) in [7, 11) is 1.58. The van der Waals surface area contributed by atoms with Crippen molar-refractivity contribution in [2.75, 3.05) is 42.2 Å². The number of aromatic amines is 1. The number of hydroxylamine groups is 1. The number of thiophene rings is 1. The van der Waals surface area contributed by atoms with Crippen LogP contribution in [0.2, 0.25) is 5.02 Å². The predicted molar refractivity (Wildman–Crippen MR) is 138 cm³/mol. The van der Waals surface area contributed by atoms with Gasteiger partial charge in [0.1, 0.15) is 17.2 Å². The van der Waals surface area contributed by atoms with Crippen molar-refractivity contribution in [2.45, 2.75) is 6.18 Å². The number of methoxy groups -OCH3 is 1. The average Bonchev–Trinajstić information content (AvgIpc) is 3.50. The van der Waals surface area contributed by atoms with Crippen molar-refractivity contribution in [1.29, 1.82) is 0 Å². The van der Waals surface area contributed by atoms with Crippen LogP contribution in [0.25, 0.3) is 21.5 Å². The van der Waals surface area contributed by atoms with Crippen LogP contribution in [0, 0.1) is 0 Å². The van der Waals surface area contributed by atoms with E-state index in [-0.39, 0.29) is 10.6 Å². The number of carbonyl (C=O) groups excluding carboxylic acids is 2. The van der Waals surface area contributed by atoms with Crippen LogP contribution in [0.4, 0.5) is 30.5 Å². The Kier molecular flexibility index (Phi) is 6.90. The molecule has 2 aromatic heterocycles. The Balaban J connectivity index is 1.51. The first kappa shape index (κ1) is 25.8. The van der Waals surface area contributed by atoms with Crippen LogP contribution in [-0.4, -0.2) is 55.0 Å². The number of anilines is 3. The van der Waals surface area contributed by atoms with Gasteiger partial charge in [0.15, 0.2) is 0 Å². The van der Waals surface area contributed by atoms with Gasteiger partial charge in [0.25, 0.3) is 5.91 Å². The number of carbonyl (C=O) groups is 2. The highest BCUT2D eigenvalue weighted by Gasteiger charge is 2.45. The summed E-state index contributed by atoms with van der Waals surface area (Å²) in [4.78, 5) is 39.4. The molecule has 3 heterocycles. The molecule has 9 nitrogen and oxygen atoms in total. The summed E-state index contributed by atoms with van der Waals surface area (Å²) < 4.78 is 44.2. The minimum atomic E-state index is -5.22. The number of H-pyrrole nitrogens is 1. The van der Waals surface area contributed by atoms with E-state index in [2.05, 4.69) is 15.3 Å². The number of ether oxygens (including phenoxy) is 1. The van der Waals surface area contributed by atoms with Gasteiger partial charge in [0.05, 0.1) is 17.6 Å². The molecule has 0 spiro atoms. The van der Waals surface area contributed by atoms with E-state index in [9.17, 15) is 22.8 Å². The number of imidazole rings is 1. The second-order valence-electron chi connectivity index (χ2n) is 8.17. The zero-order chi connectivity index (χ0) is 27.0. The lowest BCUT2D eigenvalue weighted by Crippen LogP contribution is -2.48. The smallest absolute Gasteiger partial charge is 0.383 e. The number of alkyl halides is 3. The molecular weight excluding hydrogens is 547 g/mol. The molecule has 2 N–H and O–H groups in total. The molecule has 0 saturated heterocycles. The number of nitrogens with zero attached hydrogens (tertiary/aromatic N) is 3. The van der Waals surface area contributed by atoms with E-state index < -0.39 is 24.7 Å². The minimum Gasteiger partial charge on any atom is -0.383 e. The summed E-state index contributed by atoms with van der Waals surface area (Å²) in [6, 6.07) is 13.2. The van der Waals surface area contributed by atoms with E-state index in [1.54, 1.807) is 49.6 Å². The van der Waals surface area contributed by atoms with Crippen molar-refractivity contribution in [3.8, 4) is 10.4 Å². The van der Waals surface area contributed by atoms with Gasteiger partial charge in [0.2, 0.25) is 5.95 Å². The topological polar surface area (TPSA) is 99.8 Å². The van der Waals surface area contributed by atoms with Crippen molar-refractivity contribution >= 4 is 63.2 Å². The molecule has 1 aliphatic heterocycles. The Hall–Kier alpha value is -3.81. The molecule has 2 aromatic carbocycles. The van der Waals surface area contributed by atoms with Gasteiger partial charge in [-0.25, -0.2) is 9.78 Å². The van der Waals surface area contributed by atoms with E-state index in [1.165, 1.54) is 11.0 Å². The number of nitrogens with one attached hydrogen (secondary N) is 2. The van der Waals surface area contributed by atoms with Crippen molar-refractivity contribution in [3.63, 3.8) is 0 Å². The Morgan fingerprint density at radius 2 is 1.97 bits per heavy atom. The van der Waals surface area contributed by atoms with Crippen LogP contribution >= 0.6 is 22.9 Å². The van der Waals surface area contributed by atoms with Crippen LogP contribution in [0.1, 0.15) is 9.67 Å². The van der Waals surface area contributed by atoms with Gasteiger partial charge >= 0.3 is 12.1 Å².